The lowest BCUT2D eigenvalue weighted by Crippen LogP contribution is -2.04. The monoisotopic (exact) mass is 363 g/mol. The zero-order valence-corrected chi connectivity index (χ0v) is 14.3. The molecule has 138 valence electrons. The molecule has 0 atom stereocenters. The highest BCUT2D eigenvalue weighted by Crippen LogP contribution is 2.38. The van der Waals surface area contributed by atoms with Gasteiger partial charge in [0.25, 0.3) is 11.4 Å². The molecule has 10 heteroatoms. The van der Waals surface area contributed by atoms with Crippen LogP contribution in [0.2, 0.25) is 0 Å². The Morgan fingerprint density at radius 1 is 0.923 bits per heavy atom. The number of hydrogen-bond donors (Lipinski definition) is 1. The van der Waals surface area contributed by atoms with Gasteiger partial charge in [-0.3, -0.25) is 20.2 Å². The van der Waals surface area contributed by atoms with Crippen molar-refractivity contribution in [2.24, 2.45) is 0 Å². The Morgan fingerprint density at radius 3 is 2.00 bits per heavy atom. The number of anilines is 1. The maximum atomic E-state index is 11.2. The van der Waals surface area contributed by atoms with Gasteiger partial charge in [-0.05, 0) is 23.8 Å². The predicted octanol–water partition coefficient (Wildman–Crippen LogP) is 3.14. The van der Waals surface area contributed by atoms with Crippen LogP contribution in [0.3, 0.4) is 0 Å². The van der Waals surface area contributed by atoms with Crippen LogP contribution >= 0.6 is 0 Å². The van der Waals surface area contributed by atoms with E-state index in [1.807, 2.05) is 0 Å². The number of nitro groups is 2. The minimum absolute atomic E-state index is 0.161. The molecule has 0 unspecified atom stereocenters. The summed E-state index contributed by atoms with van der Waals surface area (Å²) in [6.07, 6.45) is 0. The second-order valence-corrected chi connectivity index (χ2v) is 5.10. The topological polar surface area (TPSA) is 126 Å². The van der Waals surface area contributed by atoms with Crippen LogP contribution in [0, 0.1) is 20.2 Å². The van der Waals surface area contributed by atoms with E-state index in [0.29, 0.717) is 22.8 Å². The number of nitrogens with zero attached hydrogens (tertiary/aromatic N) is 2. The van der Waals surface area contributed by atoms with E-state index in [-0.39, 0.29) is 23.6 Å². The van der Waals surface area contributed by atoms with Crippen LogP contribution in [0.5, 0.6) is 17.2 Å². The predicted molar refractivity (Wildman–Crippen MR) is 93.2 cm³/mol. The molecule has 0 spiro atoms. The molecule has 0 aliphatic carbocycles. The Hall–Kier alpha value is -3.56. The standard InChI is InChI=1S/C16H17N3O7/c1-24-14-6-10(7-15(25-2)16(14)26-3)9-17-12-5-4-11(18(20)21)8-13(12)19(22)23/h4-8,17H,9H2,1-3H3. The Morgan fingerprint density at radius 2 is 1.54 bits per heavy atom. The second-order valence-electron chi connectivity index (χ2n) is 5.10. The third kappa shape index (κ3) is 3.91. The summed E-state index contributed by atoms with van der Waals surface area (Å²) in [4.78, 5) is 20.6. The number of hydrogen-bond acceptors (Lipinski definition) is 8. The van der Waals surface area contributed by atoms with Gasteiger partial charge in [0.1, 0.15) is 5.69 Å². The number of rotatable bonds is 8. The number of methoxy groups -OCH3 is 3. The molecule has 2 rings (SSSR count). The molecule has 0 fully saturated rings. The van der Waals surface area contributed by atoms with Gasteiger partial charge in [-0.25, -0.2) is 0 Å². The number of nitro benzene ring substituents is 2. The smallest absolute Gasteiger partial charge is 0.299 e. The summed E-state index contributed by atoms with van der Waals surface area (Å²) >= 11 is 0. The highest BCUT2D eigenvalue weighted by molar-refractivity contribution is 5.65. The molecule has 2 aromatic carbocycles. The van der Waals surface area contributed by atoms with E-state index < -0.39 is 9.85 Å². The highest BCUT2D eigenvalue weighted by atomic mass is 16.6. The molecule has 0 bridgehead atoms. The molecule has 0 amide bonds. The summed E-state index contributed by atoms with van der Waals surface area (Å²) < 4.78 is 15.8. The van der Waals surface area contributed by atoms with Gasteiger partial charge in [0.2, 0.25) is 5.75 Å². The summed E-state index contributed by atoms with van der Waals surface area (Å²) in [5.41, 5.74) is 0.142. The minimum atomic E-state index is -0.685. The van der Waals surface area contributed by atoms with Gasteiger partial charge in [0, 0.05) is 12.6 Å². The summed E-state index contributed by atoms with van der Waals surface area (Å²) in [5, 5.41) is 24.9. The molecule has 0 heterocycles. The Labute approximate surface area is 148 Å². The summed E-state index contributed by atoms with van der Waals surface area (Å²) in [7, 11) is 4.45. The van der Waals surface area contributed by atoms with Gasteiger partial charge in [0.05, 0.1) is 37.2 Å². The first-order valence-electron chi connectivity index (χ1n) is 7.36. The molecule has 2 aromatic rings. The molecular formula is C16H17N3O7. The van der Waals surface area contributed by atoms with E-state index in [4.69, 9.17) is 14.2 Å². The van der Waals surface area contributed by atoms with Crippen LogP contribution in [0.15, 0.2) is 30.3 Å². The van der Waals surface area contributed by atoms with Crippen molar-refractivity contribution >= 4 is 17.1 Å². The molecule has 26 heavy (non-hydrogen) atoms. The van der Waals surface area contributed by atoms with Crippen molar-refractivity contribution < 1.29 is 24.1 Å². The highest BCUT2D eigenvalue weighted by Gasteiger charge is 2.20. The molecular weight excluding hydrogens is 346 g/mol. The van der Waals surface area contributed by atoms with Crippen molar-refractivity contribution in [2.75, 3.05) is 26.6 Å². The quantitative estimate of drug-likeness (QED) is 0.560. The molecule has 0 saturated heterocycles. The maximum Gasteiger partial charge on any atom is 0.299 e. The summed E-state index contributed by atoms with van der Waals surface area (Å²) in [6.45, 7) is 0.204. The third-order valence-corrected chi connectivity index (χ3v) is 3.60. The van der Waals surface area contributed by atoms with Crippen LogP contribution in [0.4, 0.5) is 17.1 Å². The Balaban J connectivity index is 2.31. The fourth-order valence-corrected chi connectivity index (χ4v) is 2.37. The number of nitrogens with one attached hydrogen (secondary N) is 1. The van der Waals surface area contributed by atoms with Crippen molar-refractivity contribution in [3.8, 4) is 17.2 Å². The van der Waals surface area contributed by atoms with Crippen molar-refractivity contribution in [2.45, 2.75) is 6.54 Å². The number of ether oxygens (including phenoxy) is 3. The van der Waals surface area contributed by atoms with Crippen LogP contribution in [-0.4, -0.2) is 31.2 Å². The van der Waals surface area contributed by atoms with Crippen molar-refractivity contribution in [1.82, 2.24) is 0 Å². The summed E-state index contributed by atoms with van der Waals surface area (Å²) in [6, 6.07) is 6.81. The van der Waals surface area contributed by atoms with Crippen molar-refractivity contribution in [3.63, 3.8) is 0 Å². The second kappa shape index (κ2) is 8.01. The van der Waals surface area contributed by atoms with Gasteiger partial charge in [-0.2, -0.15) is 0 Å². The summed E-state index contributed by atoms with van der Waals surface area (Å²) in [5.74, 6) is 1.32. The van der Waals surface area contributed by atoms with Crippen LogP contribution < -0.4 is 19.5 Å². The fraction of sp³-hybridized carbons (Fsp3) is 0.250. The zero-order chi connectivity index (χ0) is 19.3. The van der Waals surface area contributed by atoms with E-state index in [9.17, 15) is 20.2 Å². The lowest BCUT2D eigenvalue weighted by molar-refractivity contribution is -0.393. The van der Waals surface area contributed by atoms with E-state index >= 15 is 0 Å². The first-order chi connectivity index (χ1) is 12.4. The van der Waals surface area contributed by atoms with Gasteiger partial charge in [-0.1, -0.05) is 0 Å². The van der Waals surface area contributed by atoms with E-state index in [1.54, 1.807) is 12.1 Å². The number of non-ortho nitro benzene ring substituents is 1. The van der Waals surface area contributed by atoms with Crippen LogP contribution in [-0.2, 0) is 6.54 Å². The fourth-order valence-electron chi connectivity index (χ4n) is 2.37. The molecule has 0 aliphatic heterocycles. The molecule has 0 aromatic heterocycles. The van der Waals surface area contributed by atoms with Crippen LogP contribution in [0.1, 0.15) is 5.56 Å². The Kier molecular flexibility index (Phi) is 5.78. The molecule has 1 N–H and O–H groups in total. The normalized spacial score (nSPS) is 10.1. The number of benzene rings is 2. The largest absolute Gasteiger partial charge is 0.493 e. The molecule has 0 saturated carbocycles. The molecule has 0 aliphatic rings. The Bertz CT molecular complexity index is 814. The molecule has 10 nitrogen and oxygen atoms in total. The van der Waals surface area contributed by atoms with E-state index in [1.165, 1.54) is 33.5 Å². The van der Waals surface area contributed by atoms with Crippen LogP contribution in [0.25, 0.3) is 0 Å². The SMILES string of the molecule is COc1cc(CNc2ccc([N+](=O)[O-])cc2[N+](=O)[O-])cc(OC)c1OC. The lowest BCUT2D eigenvalue weighted by atomic mass is 10.1. The van der Waals surface area contributed by atoms with Gasteiger partial charge >= 0.3 is 0 Å². The van der Waals surface area contributed by atoms with Gasteiger partial charge in [0.15, 0.2) is 11.5 Å². The van der Waals surface area contributed by atoms with E-state index in [2.05, 4.69) is 5.32 Å². The minimum Gasteiger partial charge on any atom is -0.493 e. The first kappa shape index (κ1) is 18.8. The maximum absolute atomic E-state index is 11.2. The molecule has 0 radical (unpaired) electrons. The lowest BCUT2D eigenvalue weighted by Gasteiger charge is -2.14. The average Bonchev–Trinajstić information content (AvgIpc) is 2.64. The van der Waals surface area contributed by atoms with Crippen molar-refractivity contribution in [3.05, 3.63) is 56.1 Å². The van der Waals surface area contributed by atoms with Crippen molar-refractivity contribution in [1.29, 1.82) is 0 Å². The zero-order valence-electron chi connectivity index (χ0n) is 14.3. The van der Waals surface area contributed by atoms with Gasteiger partial charge < -0.3 is 19.5 Å². The van der Waals surface area contributed by atoms with Gasteiger partial charge in [-0.15, -0.1) is 0 Å². The van der Waals surface area contributed by atoms with E-state index in [0.717, 1.165) is 6.07 Å². The average molecular weight is 363 g/mol. The third-order valence-electron chi connectivity index (χ3n) is 3.60. The first-order valence-corrected chi connectivity index (χ1v) is 7.36.